The lowest BCUT2D eigenvalue weighted by Gasteiger charge is -2.20. The molecule has 1 heterocycles. The van der Waals surface area contributed by atoms with Gasteiger partial charge >= 0.3 is 0 Å². The summed E-state index contributed by atoms with van der Waals surface area (Å²) in [6.07, 6.45) is 0. The van der Waals surface area contributed by atoms with E-state index < -0.39 is 0 Å². The summed E-state index contributed by atoms with van der Waals surface area (Å²) in [5.74, 6) is 0. The average Bonchev–Trinajstić information content (AvgIpc) is 2.92. The first kappa shape index (κ1) is 26.0. The van der Waals surface area contributed by atoms with Gasteiger partial charge in [0.05, 0.1) is 11.4 Å². The van der Waals surface area contributed by atoms with Crippen LogP contribution in [0.4, 0.5) is 22.7 Å². The Labute approximate surface area is 224 Å². The third-order valence-electron chi connectivity index (χ3n) is 6.43. The quantitative estimate of drug-likeness (QED) is 0.189. The highest BCUT2D eigenvalue weighted by molar-refractivity contribution is 5.85. The number of aromatic nitrogens is 2. The predicted octanol–water partition coefficient (Wildman–Crippen LogP) is 4.00. The Hall–Kier alpha value is -4.03. The molecule has 1 aromatic heterocycles. The molecule has 0 N–H and O–H groups in total. The molecule has 0 aliphatic carbocycles. The van der Waals surface area contributed by atoms with Crippen molar-refractivity contribution >= 4 is 44.8 Å². The lowest BCUT2D eigenvalue weighted by Crippen LogP contribution is -3.00. The molecule has 0 aliphatic rings. The van der Waals surface area contributed by atoms with Gasteiger partial charge in [0.2, 0.25) is 16.7 Å². The minimum atomic E-state index is 0. The van der Waals surface area contributed by atoms with Crippen LogP contribution in [0.3, 0.4) is 0 Å². The topological polar surface area (TPSA) is 48.0 Å². The minimum Gasteiger partial charge on any atom is -1.00 e. The molecule has 0 bridgehead atoms. The van der Waals surface area contributed by atoms with Crippen LogP contribution in [0.2, 0.25) is 0 Å². The maximum absolute atomic E-state index is 4.99. The zero-order valence-electron chi connectivity index (χ0n) is 21.6. The molecule has 7 heteroatoms. The van der Waals surface area contributed by atoms with E-state index in [1.54, 1.807) is 0 Å². The number of rotatable bonds is 7. The van der Waals surface area contributed by atoms with Crippen molar-refractivity contribution in [2.75, 3.05) is 37.0 Å². The predicted molar refractivity (Wildman–Crippen MR) is 149 cm³/mol. The molecule has 188 valence electrons. The van der Waals surface area contributed by atoms with Crippen molar-refractivity contribution in [3.05, 3.63) is 91.0 Å². The van der Waals surface area contributed by atoms with Gasteiger partial charge in [-0.3, -0.25) is 0 Å². The molecule has 0 saturated heterocycles. The zero-order valence-corrected chi connectivity index (χ0v) is 22.4. The third kappa shape index (κ3) is 5.39. The number of hydrogen-bond donors (Lipinski definition) is 0. The van der Waals surface area contributed by atoms with Crippen LogP contribution >= 0.6 is 0 Å². The largest absolute Gasteiger partial charge is 1.00 e. The molecule has 0 fully saturated rings. The van der Waals surface area contributed by atoms with E-state index in [-0.39, 0.29) is 12.4 Å². The molecule has 0 radical (unpaired) electrons. The standard InChI is InChI=1S/C30H31N6.ClH/c1-5-35(6-2)26-17-19-28-30(21-26)36(25-10-8-7-9-11-25)29-20-23(14-18-27(29)31-28)33-32-22-12-15-24(16-13-22)34(3)4;/h7-21H,5-6H2,1-4H3;1H/q+1;/p-1. The molecule has 0 aliphatic heterocycles. The van der Waals surface area contributed by atoms with Gasteiger partial charge in [-0.15, -0.1) is 4.57 Å². The Balaban J connectivity index is 0.00000320. The molecule has 0 spiro atoms. The SMILES string of the molecule is CCN(CC)c1ccc2nc3ccc(N=Nc4ccc(N(C)C)cc4)cc3[n+](-c3ccccc3)c2c1.[Cl-]. The maximum Gasteiger partial charge on any atom is 0.239 e. The molecule has 0 unspecified atom stereocenters. The second-order valence-electron chi connectivity index (χ2n) is 8.91. The first-order chi connectivity index (χ1) is 17.6. The molecule has 0 atom stereocenters. The summed E-state index contributed by atoms with van der Waals surface area (Å²) in [4.78, 5) is 9.40. The van der Waals surface area contributed by atoms with Crippen LogP contribution < -0.4 is 26.8 Å². The summed E-state index contributed by atoms with van der Waals surface area (Å²) in [6.45, 7) is 6.27. The fraction of sp³-hybridized carbons (Fsp3) is 0.200. The molecule has 5 rings (SSSR count). The Kier molecular flexibility index (Phi) is 7.99. The third-order valence-corrected chi connectivity index (χ3v) is 6.43. The van der Waals surface area contributed by atoms with Crippen LogP contribution in [0.25, 0.3) is 27.8 Å². The number of fused-ring (bicyclic) bond motifs is 2. The zero-order chi connectivity index (χ0) is 25.1. The second-order valence-corrected chi connectivity index (χ2v) is 8.91. The van der Waals surface area contributed by atoms with Crippen molar-refractivity contribution in [3.63, 3.8) is 0 Å². The van der Waals surface area contributed by atoms with Crippen molar-refractivity contribution in [1.82, 2.24) is 4.98 Å². The van der Waals surface area contributed by atoms with Gasteiger partial charge in [0, 0.05) is 62.8 Å². The van der Waals surface area contributed by atoms with Crippen LogP contribution in [0.5, 0.6) is 0 Å². The van der Waals surface area contributed by atoms with Gasteiger partial charge in [0.25, 0.3) is 0 Å². The van der Waals surface area contributed by atoms with E-state index in [9.17, 15) is 0 Å². The van der Waals surface area contributed by atoms with E-state index in [4.69, 9.17) is 4.98 Å². The van der Waals surface area contributed by atoms with Crippen molar-refractivity contribution in [2.24, 2.45) is 10.2 Å². The van der Waals surface area contributed by atoms with Gasteiger partial charge in [-0.2, -0.15) is 10.2 Å². The van der Waals surface area contributed by atoms with E-state index in [1.807, 2.05) is 56.6 Å². The fourth-order valence-electron chi connectivity index (χ4n) is 4.47. The van der Waals surface area contributed by atoms with Gasteiger partial charge in [-0.05, 0) is 62.4 Å². The monoisotopic (exact) mass is 510 g/mol. The van der Waals surface area contributed by atoms with Gasteiger partial charge in [0.1, 0.15) is 11.0 Å². The van der Waals surface area contributed by atoms with Crippen LogP contribution in [-0.4, -0.2) is 32.2 Å². The number of para-hydroxylation sites is 1. The lowest BCUT2D eigenvalue weighted by molar-refractivity contribution is -0.538. The first-order valence-electron chi connectivity index (χ1n) is 12.4. The summed E-state index contributed by atoms with van der Waals surface area (Å²) in [5.41, 5.74) is 8.92. The number of benzene rings is 4. The summed E-state index contributed by atoms with van der Waals surface area (Å²) in [6, 6.07) is 31.1. The lowest BCUT2D eigenvalue weighted by atomic mass is 10.1. The molecule has 5 aromatic rings. The van der Waals surface area contributed by atoms with Crippen molar-refractivity contribution in [2.45, 2.75) is 13.8 Å². The number of hydrogen-bond acceptors (Lipinski definition) is 5. The highest BCUT2D eigenvalue weighted by Crippen LogP contribution is 2.27. The van der Waals surface area contributed by atoms with Gasteiger partial charge in [-0.1, -0.05) is 18.2 Å². The van der Waals surface area contributed by atoms with Crippen LogP contribution in [-0.2, 0) is 0 Å². The molecular formula is C30H31ClN6. The number of anilines is 2. The van der Waals surface area contributed by atoms with Gasteiger partial charge in [0.15, 0.2) is 0 Å². The van der Waals surface area contributed by atoms with E-state index in [1.165, 1.54) is 5.69 Å². The van der Waals surface area contributed by atoms with Crippen LogP contribution in [0.15, 0.2) is 101 Å². The molecule has 0 saturated carbocycles. The average molecular weight is 511 g/mol. The van der Waals surface area contributed by atoms with Gasteiger partial charge < -0.3 is 22.2 Å². The van der Waals surface area contributed by atoms with Gasteiger partial charge in [-0.25, -0.2) is 4.98 Å². The number of nitrogens with zero attached hydrogens (tertiary/aromatic N) is 6. The maximum atomic E-state index is 4.99. The van der Waals surface area contributed by atoms with E-state index in [0.29, 0.717) is 0 Å². The highest BCUT2D eigenvalue weighted by atomic mass is 35.5. The minimum absolute atomic E-state index is 0. The Morgan fingerprint density at radius 1 is 0.676 bits per heavy atom. The smallest absolute Gasteiger partial charge is 0.239 e. The summed E-state index contributed by atoms with van der Waals surface area (Å²) < 4.78 is 2.27. The number of azo groups is 1. The van der Waals surface area contributed by atoms with E-state index >= 15 is 0 Å². The van der Waals surface area contributed by atoms with E-state index in [2.05, 4.69) is 87.0 Å². The Morgan fingerprint density at radius 2 is 1.24 bits per heavy atom. The van der Waals surface area contributed by atoms with E-state index in [0.717, 1.165) is 57.9 Å². The number of halogens is 1. The summed E-state index contributed by atoms with van der Waals surface area (Å²) in [7, 11) is 4.05. The highest BCUT2D eigenvalue weighted by Gasteiger charge is 2.21. The van der Waals surface area contributed by atoms with Crippen LogP contribution in [0.1, 0.15) is 13.8 Å². The summed E-state index contributed by atoms with van der Waals surface area (Å²) in [5, 5.41) is 9.03. The van der Waals surface area contributed by atoms with Crippen molar-refractivity contribution in [3.8, 4) is 5.69 Å². The Bertz CT molecular complexity index is 1530. The molecule has 6 nitrogen and oxygen atoms in total. The second kappa shape index (κ2) is 11.4. The molecule has 37 heavy (non-hydrogen) atoms. The van der Waals surface area contributed by atoms with Crippen molar-refractivity contribution < 1.29 is 17.0 Å². The normalized spacial score (nSPS) is 11.1. The first-order valence-corrected chi connectivity index (χ1v) is 12.4. The molecular weight excluding hydrogens is 480 g/mol. The van der Waals surface area contributed by atoms with Crippen molar-refractivity contribution in [1.29, 1.82) is 0 Å². The Morgan fingerprint density at radius 3 is 1.89 bits per heavy atom. The molecule has 4 aromatic carbocycles. The summed E-state index contributed by atoms with van der Waals surface area (Å²) >= 11 is 0. The van der Waals surface area contributed by atoms with Crippen LogP contribution in [0, 0.1) is 0 Å². The molecule has 0 amide bonds. The fourth-order valence-corrected chi connectivity index (χ4v) is 4.47.